The van der Waals surface area contributed by atoms with Gasteiger partial charge in [-0.15, -0.1) is 0 Å². The third-order valence-corrected chi connectivity index (χ3v) is 5.93. The molecule has 0 radical (unpaired) electrons. The summed E-state index contributed by atoms with van der Waals surface area (Å²) in [7, 11) is 0. The molecule has 0 saturated carbocycles. The standard InChI is InChI=1S/C21H28N6S/c1-15-12-16(2)14-17(13-15)26-8-10-27(11-9-26)21(28)25-24-19-5-7-22-18-4-3-6-23-20(18)19/h3-4,6,12-13,17,22H,5,7-11,14H2,1-2H3,(H,25,28)/b24-19-. The van der Waals surface area contributed by atoms with E-state index in [0.29, 0.717) is 11.2 Å². The molecule has 3 heterocycles. The molecule has 0 spiro atoms. The maximum absolute atomic E-state index is 5.61. The zero-order valence-corrected chi connectivity index (χ0v) is 17.4. The summed E-state index contributed by atoms with van der Waals surface area (Å²) in [6.07, 6.45) is 8.46. The first-order valence-electron chi connectivity index (χ1n) is 10.0. The summed E-state index contributed by atoms with van der Waals surface area (Å²) in [4.78, 5) is 9.25. The Morgan fingerprint density at radius 3 is 2.89 bits per heavy atom. The lowest BCUT2D eigenvalue weighted by atomic mass is 9.96. The third kappa shape index (κ3) is 4.25. The van der Waals surface area contributed by atoms with Gasteiger partial charge in [0.2, 0.25) is 0 Å². The van der Waals surface area contributed by atoms with E-state index in [1.807, 2.05) is 12.1 Å². The molecular weight excluding hydrogens is 368 g/mol. The van der Waals surface area contributed by atoms with Gasteiger partial charge in [0.1, 0.15) is 5.69 Å². The van der Waals surface area contributed by atoms with Gasteiger partial charge >= 0.3 is 0 Å². The van der Waals surface area contributed by atoms with Crippen molar-refractivity contribution in [3.8, 4) is 0 Å². The van der Waals surface area contributed by atoms with Crippen molar-refractivity contribution in [1.29, 1.82) is 0 Å². The predicted molar refractivity (Wildman–Crippen MR) is 119 cm³/mol. The van der Waals surface area contributed by atoms with Crippen molar-refractivity contribution in [1.82, 2.24) is 20.2 Å². The lowest BCUT2D eigenvalue weighted by Gasteiger charge is -2.40. The molecule has 1 aromatic rings. The summed E-state index contributed by atoms with van der Waals surface area (Å²) in [5, 5.41) is 8.64. The maximum Gasteiger partial charge on any atom is 0.189 e. The molecular formula is C21H28N6S. The van der Waals surface area contributed by atoms with Gasteiger partial charge in [0.05, 0.1) is 11.4 Å². The van der Waals surface area contributed by atoms with Crippen molar-refractivity contribution in [2.45, 2.75) is 32.7 Å². The van der Waals surface area contributed by atoms with E-state index in [1.165, 1.54) is 11.1 Å². The van der Waals surface area contributed by atoms with E-state index in [1.54, 1.807) is 6.20 Å². The molecule has 3 aliphatic rings. The van der Waals surface area contributed by atoms with E-state index >= 15 is 0 Å². The number of hydrazone groups is 1. The Labute approximate surface area is 172 Å². The van der Waals surface area contributed by atoms with E-state index in [9.17, 15) is 0 Å². The minimum atomic E-state index is 0.520. The predicted octanol–water partition coefficient (Wildman–Crippen LogP) is 2.76. The normalized spacial score (nSPS) is 24.1. The van der Waals surface area contributed by atoms with Crippen LogP contribution in [0.5, 0.6) is 0 Å². The highest BCUT2D eigenvalue weighted by Crippen LogP contribution is 2.22. The molecule has 1 atom stereocenters. The van der Waals surface area contributed by atoms with Crippen LogP contribution >= 0.6 is 12.2 Å². The Morgan fingerprint density at radius 1 is 1.29 bits per heavy atom. The molecule has 0 aromatic carbocycles. The first-order chi connectivity index (χ1) is 13.6. The van der Waals surface area contributed by atoms with E-state index in [2.05, 4.69) is 56.6 Å². The van der Waals surface area contributed by atoms with Crippen molar-refractivity contribution in [2.24, 2.45) is 5.10 Å². The SMILES string of the molecule is CC1=CC(N2CCN(C(=S)N/N=C3/CCNc4cccnc43)CC2)CC(C)=C1. The minimum absolute atomic E-state index is 0.520. The van der Waals surface area contributed by atoms with Crippen LogP contribution < -0.4 is 10.7 Å². The van der Waals surface area contributed by atoms with Gasteiger partial charge in [-0.3, -0.25) is 15.3 Å². The number of nitrogens with zero attached hydrogens (tertiary/aromatic N) is 4. The number of hydrogen-bond donors (Lipinski definition) is 2. The lowest BCUT2D eigenvalue weighted by Crippen LogP contribution is -2.53. The van der Waals surface area contributed by atoms with Gasteiger partial charge in [0.25, 0.3) is 0 Å². The number of thiocarbonyl (C=S) groups is 1. The molecule has 1 fully saturated rings. The third-order valence-electron chi connectivity index (χ3n) is 5.58. The molecule has 1 aromatic heterocycles. The molecule has 6 nitrogen and oxygen atoms in total. The van der Waals surface area contributed by atoms with E-state index in [-0.39, 0.29) is 0 Å². The average molecular weight is 397 g/mol. The highest BCUT2D eigenvalue weighted by molar-refractivity contribution is 7.80. The summed E-state index contributed by atoms with van der Waals surface area (Å²) in [5.74, 6) is 0. The van der Waals surface area contributed by atoms with Gasteiger partial charge in [-0.2, -0.15) is 5.10 Å². The highest BCUT2D eigenvalue weighted by Gasteiger charge is 2.25. The van der Waals surface area contributed by atoms with Gasteiger partial charge < -0.3 is 10.2 Å². The Kier molecular flexibility index (Phi) is 5.73. The van der Waals surface area contributed by atoms with Crippen LogP contribution in [0.4, 0.5) is 5.69 Å². The second kappa shape index (κ2) is 8.41. The zero-order chi connectivity index (χ0) is 19.5. The summed E-state index contributed by atoms with van der Waals surface area (Å²) < 4.78 is 0. The monoisotopic (exact) mass is 396 g/mol. The number of piperazine rings is 1. The Balaban J connectivity index is 1.32. The molecule has 148 valence electrons. The summed E-state index contributed by atoms with van der Waals surface area (Å²) >= 11 is 5.61. The van der Waals surface area contributed by atoms with Crippen molar-refractivity contribution in [3.05, 3.63) is 47.3 Å². The molecule has 1 unspecified atom stereocenters. The molecule has 2 N–H and O–H groups in total. The van der Waals surface area contributed by atoms with Crippen molar-refractivity contribution in [2.75, 3.05) is 38.0 Å². The van der Waals surface area contributed by atoms with Crippen molar-refractivity contribution >= 4 is 28.7 Å². The largest absolute Gasteiger partial charge is 0.383 e. The number of pyridine rings is 1. The number of hydrogen-bond acceptors (Lipinski definition) is 5. The van der Waals surface area contributed by atoms with Crippen molar-refractivity contribution in [3.63, 3.8) is 0 Å². The Hall–Kier alpha value is -2.25. The fourth-order valence-electron chi connectivity index (χ4n) is 4.19. The van der Waals surface area contributed by atoms with Crippen molar-refractivity contribution < 1.29 is 0 Å². The summed E-state index contributed by atoms with van der Waals surface area (Å²) in [6, 6.07) is 4.49. The number of aromatic nitrogens is 1. The van der Waals surface area contributed by atoms with Crippen LogP contribution in [0, 0.1) is 0 Å². The Morgan fingerprint density at radius 2 is 2.11 bits per heavy atom. The smallest absolute Gasteiger partial charge is 0.189 e. The minimum Gasteiger partial charge on any atom is -0.383 e. The van der Waals surface area contributed by atoms with E-state index in [0.717, 1.165) is 62.7 Å². The lowest BCUT2D eigenvalue weighted by molar-refractivity contribution is 0.151. The second-order valence-electron chi connectivity index (χ2n) is 7.75. The van der Waals surface area contributed by atoms with Gasteiger partial charge in [0, 0.05) is 51.4 Å². The van der Waals surface area contributed by atoms with Gasteiger partial charge in [0.15, 0.2) is 5.11 Å². The van der Waals surface area contributed by atoms with Crippen LogP contribution in [0.1, 0.15) is 32.4 Å². The van der Waals surface area contributed by atoms with Crippen LogP contribution in [0.3, 0.4) is 0 Å². The van der Waals surface area contributed by atoms with Gasteiger partial charge in [-0.1, -0.05) is 23.3 Å². The van der Waals surface area contributed by atoms with Crippen LogP contribution in [0.2, 0.25) is 0 Å². The van der Waals surface area contributed by atoms with E-state index in [4.69, 9.17) is 12.2 Å². The first kappa shape index (κ1) is 19.1. The molecule has 28 heavy (non-hydrogen) atoms. The average Bonchev–Trinajstić information content (AvgIpc) is 2.71. The fraction of sp³-hybridized carbons (Fsp3) is 0.476. The number of fused-ring (bicyclic) bond motifs is 1. The summed E-state index contributed by atoms with van der Waals surface area (Å²) in [5.41, 5.74) is 8.86. The molecule has 7 heteroatoms. The first-order valence-corrected chi connectivity index (χ1v) is 10.4. The number of anilines is 1. The highest BCUT2D eigenvalue weighted by atomic mass is 32.1. The molecule has 2 aliphatic heterocycles. The molecule has 4 rings (SSSR count). The molecule has 1 aliphatic carbocycles. The van der Waals surface area contributed by atoms with Crippen LogP contribution in [0.15, 0.2) is 46.7 Å². The topological polar surface area (TPSA) is 55.8 Å². The fourth-order valence-corrected chi connectivity index (χ4v) is 4.41. The second-order valence-corrected chi connectivity index (χ2v) is 8.13. The number of rotatable bonds is 2. The van der Waals surface area contributed by atoms with Crippen LogP contribution in [0.25, 0.3) is 0 Å². The molecule has 0 bridgehead atoms. The van der Waals surface area contributed by atoms with E-state index < -0.39 is 0 Å². The zero-order valence-electron chi connectivity index (χ0n) is 16.6. The quantitative estimate of drug-likeness (QED) is 0.592. The Bertz CT molecular complexity index is 835. The summed E-state index contributed by atoms with van der Waals surface area (Å²) in [6.45, 7) is 9.19. The van der Waals surface area contributed by atoms with Crippen LogP contribution in [-0.2, 0) is 0 Å². The number of nitrogens with one attached hydrogen (secondary N) is 2. The van der Waals surface area contributed by atoms with Gasteiger partial charge in [-0.25, -0.2) is 0 Å². The van der Waals surface area contributed by atoms with Gasteiger partial charge in [-0.05, 0) is 44.6 Å². The van der Waals surface area contributed by atoms with Crippen LogP contribution in [-0.4, -0.2) is 64.4 Å². The molecule has 0 amide bonds. The molecule has 1 saturated heterocycles. The maximum atomic E-state index is 5.61. The number of allylic oxidation sites excluding steroid dienone is 2.